The summed E-state index contributed by atoms with van der Waals surface area (Å²) >= 11 is 0. The Morgan fingerprint density at radius 1 is 1.56 bits per heavy atom. The average molecular weight is 180 g/mol. The Morgan fingerprint density at radius 3 is 2.11 bits per heavy atom. The third kappa shape index (κ3) is 12.5. The van der Waals surface area contributed by atoms with E-state index in [-0.39, 0.29) is 37.7 Å². The molecule has 0 bridgehead atoms. The first-order valence-electron chi connectivity index (χ1n) is 1.84. The molecule has 0 radical (unpaired) electrons. The largest absolute Gasteiger partial charge is 2.00 e. The first-order valence-corrected chi connectivity index (χ1v) is 3.30. The first kappa shape index (κ1) is 13.0. The van der Waals surface area contributed by atoms with Crippen LogP contribution >= 0.6 is 7.82 Å². The molecule has 9 heavy (non-hydrogen) atoms. The summed E-state index contributed by atoms with van der Waals surface area (Å²) in [7, 11) is -4.84. The number of hydrogen-bond donors (Lipinski definition) is 1. The van der Waals surface area contributed by atoms with Crippen molar-refractivity contribution in [1.29, 1.82) is 0 Å². The number of aliphatic hydroxyl groups is 1. The van der Waals surface area contributed by atoms with Crippen LogP contribution in [-0.4, -0.2) is 56.1 Å². The Labute approximate surface area is 82.3 Å². The van der Waals surface area contributed by atoms with Crippen molar-refractivity contribution in [2.24, 2.45) is 0 Å². The number of phosphoric acid groups is 1. The number of phosphoric ester groups is 1. The van der Waals surface area contributed by atoms with Crippen LogP contribution in [0.2, 0.25) is 0 Å². The van der Waals surface area contributed by atoms with Crippen molar-refractivity contribution < 1.29 is 24.0 Å². The van der Waals surface area contributed by atoms with Crippen LogP contribution in [0.15, 0.2) is 0 Å². The molecule has 0 aromatic carbocycles. The molecule has 0 aromatic heterocycles. The van der Waals surface area contributed by atoms with Gasteiger partial charge >= 0.3 is 37.7 Å². The van der Waals surface area contributed by atoms with E-state index >= 15 is 0 Å². The van der Waals surface area contributed by atoms with Gasteiger partial charge in [-0.2, -0.15) is 0 Å². The predicted molar refractivity (Wildman–Crippen MR) is 26.4 cm³/mol. The molecule has 0 aliphatic carbocycles. The third-order valence-electron chi connectivity index (χ3n) is 0.341. The molecular weight excluding hydrogens is 175 g/mol. The predicted octanol–water partition coefficient (Wildman–Crippen LogP) is -2.56. The van der Waals surface area contributed by atoms with E-state index in [2.05, 4.69) is 4.52 Å². The van der Waals surface area contributed by atoms with Crippen LogP contribution in [0.5, 0.6) is 0 Å². The van der Waals surface area contributed by atoms with Gasteiger partial charge in [-0.3, -0.25) is 0 Å². The minimum absolute atomic E-state index is 0. The van der Waals surface area contributed by atoms with E-state index in [0.717, 1.165) is 0 Å². The van der Waals surface area contributed by atoms with Crippen molar-refractivity contribution in [3.8, 4) is 0 Å². The molecule has 0 saturated heterocycles. The van der Waals surface area contributed by atoms with E-state index in [4.69, 9.17) is 5.11 Å². The summed E-state index contributed by atoms with van der Waals surface area (Å²) in [6.07, 6.45) is 0. The standard InChI is InChI=1S/C2H7O5P.Ca/c3-1-2-7-8(4,5)6;/h3H,1-2H2,(H2,4,5,6);/q;+2/p-2. The van der Waals surface area contributed by atoms with Gasteiger partial charge in [0, 0.05) is 0 Å². The zero-order chi connectivity index (χ0) is 6.62. The molecule has 50 valence electrons. The number of hydrogen-bond acceptors (Lipinski definition) is 5. The van der Waals surface area contributed by atoms with Crippen LogP contribution in [0, 0.1) is 0 Å². The normalized spacial score (nSPS) is 10.6. The van der Waals surface area contributed by atoms with Gasteiger partial charge in [-0.05, 0) is 0 Å². The fourth-order valence-electron chi connectivity index (χ4n) is 0.153. The number of aliphatic hydroxyl groups excluding tert-OH is 1. The van der Waals surface area contributed by atoms with Crippen LogP contribution < -0.4 is 9.79 Å². The van der Waals surface area contributed by atoms with E-state index in [1.165, 1.54) is 0 Å². The van der Waals surface area contributed by atoms with Crippen LogP contribution in [-0.2, 0) is 9.09 Å². The monoisotopic (exact) mass is 180 g/mol. The van der Waals surface area contributed by atoms with Crippen LogP contribution in [0.4, 0.5) is 0 Å². The van der Waals surface area contributed by atoms with Crippen molar-refractivity contribution in [3.63, 3.8) is 0 Å². The molecule has 0 aliphatic heterocycles. The quantitative estimate of drug-likeness (QED) is 0.381. The fraction of sp³-hybridized carbons (Fsp3) is 1.00. The molecular formula is C2H5CaO5P. The Morgan fingerprint density at radius 2 is 2.00 bits per heavy atom. The maximum atomic E-state index is 9.53. The fourth-order valence-corrected chi connectivity index (χ4v) is 0.458. The van der Waals surface area contributed by atoms with Crippen LogP contribution in [0.3, 0.4) is 0 Å². The van der Waals surface area contributed by atoms with Gasteiger partial charge < -0.3 is 24.0 Å². The Balaban J connectivity index is 0. The second kappa shape index (κ2) is 6.07. The molecule has 0 spiro atoms. The summed E-state index contributed by atoms with van der Waals surface area (Å²) in [5.41, 5.74) is 0. The van der Waals surface area contributed by atoms with E-state index in [0.29, 0.717) is 0 Å². The van der Waals surface area contributed by atoms with Crippen molar-refractivity contribution in [3.05, 3.63) is 0 Å². The van der Waals surface area contributed by atoms with Crippen LogP contribution in [0.1, 0.15) is 0 Å². The summed E-state index contributed by atoms with van der Waals surface area (Å²) < 4.78 is 13.1. The molecule has 0 rings (SSSR count). The van der Waals surface area contributed by atoms with Gasteiger partial charge in [0.05, 0.1) is 21.0 Å². The zero-order valence-electron chi connectivity index (χ0n) is 4.65. The Hall–Kier alpha value is 1.33. The molecule has 0 atom stereocenters. The second-order valence-corrected chi connectivity index (χ2v) is 2.16. The molecule has 0 unspecified atom stereocenters. The van der Waals surface area contributed by atoms with Crippen LogP contribution in [0.25, 0.3) is 0 Å². The van der Waals surface area contributed by atoms with Gasteiger partial charge in [-0.1, -0.05) is 0 Å². The maximum absolute atomic E-state index is 9.53. The average Bonchev–Trinajstić information content (AvgIpc) is 1.59. The van der Waals surface area contributed by atoms with Crippen molar-refractivity contribution in [2.75, 3.05) is 13.2 Å². The molecule has 0 amide bonds. The van der Waals surface area contributed by atoms with Gasteiger partial charge in [0.25, 0.3) is 0 Å². The molecule has 0 aliphatic rings. The minimum atomic E-state index is -4.84. The maximum Gasteiger partial charge on any atom is 2.00 e. The molecule has 0 aromatic rings. The molecule has 0 fully saturated rings. The van der Waals surface area contributed by atoms with E-state index in [9.17, 15) is 14.4 Å². The van der Waals surface area contributed by atoms with Gasteiger partial charge in [-0.25, -0.2) is 0 Å². The Bertz CT molecular complexity index is 99.1. The molecule has 1 N–H and O–H groups in total. The zero-order valence-corrected chi connectivity index (χ0v) is 7.75. The molecule has 0 heterocycles. The minimum Gasteiger partial charge on any atom is -0.790 e. The second-order valence-electron chi connectivity index (χ2n) is 1.00. The van der Waals surface area contributed by atoms with E-state index in [1.807, 2.05) is 0 Å². The summed E-state index contributed by atoms with van der Waals surface area (Å²) in [6.45, 7) is -0.918. The van der Waals surface area contributed by atoms with Gasteiger partial charge in [0.1, 0.15) is 0 Å². The number of rotatable bonds is 3. The smallest absolute Gasteiger partial charge is 0.790 e. The van der Waals surface area contributed by atoms with Crippen molar-refractivity contribution in [1.82, 2.24) is 0 Å². The summed E-state index contributed by atoms with van der Waals surface area (Å²) in [4.78, 5) is 19.1. The topological polar surface area (TPSA) is 92.7 Å². The van der Waals surface area contributed by atoms with E-state index in [1.54, 1.807) is 0 Å². The Kier molecular flexibility index (Phi) is 8.74. The summed E-state index contributed by atoms with van der Waals surface area (Å²) in [6, 6.07) is 0. The van der Waals surface area contributed by atoms with Crippen molar-refractivity contribution in [2.45, 2.75) is 0 Å². The molecule has 7 heteroatoms. The SMILES string of the molecule is O=P([O-])([O-])OCCO.[Ca+2]. The summed E-state index contributed by atoms with van der Waals surface area (Å²) in [5, 5.41) is 7.91. The van der Waals surface area contributed by atoms with Crippen molar-refractivity contribution >= 4 is 45.6 Å². The third-order valence-corrected chi connectivity index (χ3v) is 0.839. The molecule has 0 saturated carbocycles. The first-order chi connectivity index (χ1) is 3.56. The summed E-state index contributed by atoms with van der Waals surface area (Å²) in [5.74, 6) is 0. The van der Waals surface area contributed by atoms with Gasteiger partial charge in [-0.15, -0.1) is 0 Å². The van der Waals surface area contributed by atoms with Gasteiger partial charge in [0.2, 0.25) is 0 Å². The van der Waals surface area contributed by atoms with E-state index < -0.39 is 21.0 Å². The van der Waals surface area contributed by atoms with Gasteiger partial charge in [0.15, 0.2) is 0 Å². The molecule has 5 nitrogen and oxygen atoms in total.